The Morgan fingerprint density at radius 2 is 2.00 bits per heavy atom. The molecule has 0 unspecified atom stereocenters. The van der Waals surface area contributed by atoms with Crippen LogP contribution in [0.15, 0.2) is 0 Å². The first-order valence-electron chi connectivity index (χ1n) is 7.23. The van der Waals surface area contributed by atoms with Crippen LogP contribution in [0.5, 0.6) is 0 Å². The van der Waals surface area contributed by atoms with Crippen molar-refractivity contribution in [1.82, 2.24) is 14.7 Å². The van der Waals surface area contributed by atoms with E-state index >= 15 is 0 Å². The molecule has 0 saturated heterocycles. The fraction of sp³-hybridized carbons (Fsp3) is 0.769. The van der Waals surface area contributed by atoms with E-state index in [9.17, 15) is 10.1 Å². The van der Waals surface area contributed by atoms with Crippen LogP contribution >= 0.6 is 0 Å². The SMILES string of the molecule is CCN(CC)CCCNc1c([N+](=O)[O-])c(C)nn1CC. The molecule has 0 aliphatic carbocycles. The summed E-state index contributed by atoms with van der Waals surface area (Å²) in [6, 6.07) is 0. The Hall–Kier alpha value is -1.63. The number of rotatable bonds is 9. The van der Waals surface area contributed by atoms with Crippen molar-refractivity contribution < 1.29 is 4.92 Å². The maximum atomic E-state index is 11.1. The van der Waals surface area contributed by atoms with Gasteiger partial charge in [0.15, 0.2) is 0 Å². The molecule has 0 aromatic carbocycles. The topological polar surface area (TPSA) is 76.2 Å². The third-order valence-electron chi connectivity index (χ3n) is 3.42. The van der Waals surface area contributed by atoms with E-state index in [4.69, 9.17) is 0 Å². The maximum absolute atomic E-state index is 11.1. The quantitative estimate of drug-likeness (QED) is 0.427. The number of nitrogens with one attached hydrogen (secondary N) is 1. The smallest absolute Gasteiger partial charge is 0.333 e. The zero-order chi connectivity index (χ0) is 15.1. The highest BCUT2D eigenvalue weighted by Gasteiger charge is 2.24. The molecule has 1 rings (SSSR count). The van der Waals surface area contributed by atoms with Gasteiger partial charge < -0.3 is 10.2 Å². The van der Waals surface area contributed by atoms with Gasteiger partial charge in [-0.25, -0.2) is 4.68 Å². The van der Waals surface area contributed by atoms with E-state index in [0.717, 1.165) is 26.1 Å². The van der Waals surface area contributed by atoms with E-state index in [2.05, 4.69) is 29.2 Å². The second-order valence-electron chi connectivity index (χ2n) is 4.66. The normalized spacial score (nSPS) is 11.1. The predicted octanol–water partition coefficient (Wildman–Crippen LogP) is 2.26. The summed E-state index contributed by atoms with van der Waals surface area (Å²) in [5.74, 6) is 0.523. The molecule has 0 aliphatic heterocycles. The van der Waals surface area contributed by atoms with E-state index < -0.39 is 0 Å². The monoisotopic (exact) mass is 283 g/mol. The van der Waals surface area contributed by atoms with Crippen LogP contribution in [0.25, 0.3) is 0 Å². The molecule has 1 heterocycles. The lowest BCUT2D eigenvalue weighted by molar-refractivity contribution is -0.384. The molecule has 1 aromatic heterocycles. The molecule has 0 fully saturated rings. The predicted molar refractivity (Wildman–Crippen MR) is 80.2 cm³/mol. The van der Waals surface area contributed by atoms with Crippen LogP contribution in [0.1, 0.15) is 32.9 Å². The van der Waals surface area contributed by atoms with E-state index in [0.29, 0.717) is 24.6 Å². The average Bonchev–Trinajstić information content (AvgIpc) is 2.75. The number of nitro groups is 1. The molecular formula is C13H25N5O2. The van der Waals surface area contributed by atoms with Gasteiger partial charge in [0.05, 0.1) is 4.92 Å². The van der Waals surface area contributed by atoms with Crippen LogP contribution in [0.2, 0.25) is 0 Å². The van der Waals surface area contributed by atoms with Crippen LogP contribution in [0, 0.1) is 17.0 Å². The van der Waals surface area contributed by atoms with Crippen molar-refractivity contribution in [3.05, 3.63) is 15.8 Å². The molecule has 1 N–H and O–H groups in total. The first kappa shape index (κ1) is 16.4. The summed E-state index contributed by atoms with van der Waals surface area (Å²) in [6.07, 6.45) is 0.951. The molecule has 0 radical (unpaired) electrons. The van der Waals surface area contributed by atoms with Crippen LogP contribution in [0.4, 0.5) is 11.5 Å². The Morgan fingerprint density at radius 1 is 1.35 bits per heavy atom. The van der Waals surface area contributed by atoms with Crippen molar-refractivity contribution in [2.45, 2.75) is 40.7 Å². The van der Waals surface area contributed by atoms with Crippen LogP contribution in [0.3, 0.4) is 0 Å². The summed E-state index contributed by atoms with van der Waals surface area (Å²) in [7, 11) is 0. The second-order valence-corrected chi connectivity index (χ2v) is 4.66. The second kappa shape index (κ2) is 7.84. The average molecular weight is 283 g/mol. The Bertz CT molecular complexity index is 440. The fourth-order valence-electron chi connectivity index (χ4n) is 2.24. The van der Waals surface area contributed by atoms with Gasteiger partial charge in [0.2, 0.25) is 5.82 Å². The van der Waals surface area contributed by atoms with Crippen molar-refractivity contribution in [3.63, 3.8) is 0 Å². The zero-order valence-corrected chi connectivity index (χ0v) is 12.8. The first-order chi connectivity index (χ1) is 9.54. The van der Waals surface area contributed by atoms with Gasteiger partial charge in [0.25, 0.3) is 0 Å². The van der Waals surface area contributed by atoms with E-state index in [-0.39, 0.29) is 10.6 Å². The molecule has 0 bridgehead atoms. The minimum absolute atomic E-state index is 0.0923. The maximum Gasteiger partial charge on any atom is 0.333 e. The van der Waals surface area contributed by atoms with Gasteiger partial charge >= 0.3 is 5.69 Å². The molecule has 114 valence electrons. The molecule has 20 heavy (non-hydrogen) atoms. The summed E-state index contributed by atoms with van der Waals surface area (Å²) in [5.41, 5.74) is 0.554. The van der Waals surface area contributed by atoms with E-state index in [1.807, 2.05) is 6.92 Å². The lowest BCUT2D eigenvalue weighted by Gasteiger charge is -2.17. The Balaban J connectivity index is 2.65. The summed E-state index contributed by atoms with van der Waals surface area (Å²) in [4.78, 5) is 13.1. The van der Waals surface area contributed by atoms with Gasteiger partial charge in [-0.05, 0) is 39.9 Å². The standard InChI is InChI=1S/C13H25N5O2/c1-5-16(6-2)10-8-9-14-13-12(18(19)20)11(4)15-17(13)7-3/h14H,5-10H2,1-4H3. The van der Waals surface area contributed by atoms with Gasteiger partial charge in [-0.3, -0.25) is 10.1 Å². The van der Waals surface area contributed by atoms with Gasteiger partial charge in [-0.2, -0.15) is 5.10 Å². The fourth-order valence-corrected chi connectivity index (χ4v) is 2.24. The number of aryl methyl sites for hydroxylation is 2. The highest BCUT2D eigenvalue weighted by Crippen LogP contribution is 2.27. The summed E-state index contributed by atoms with van der Waals surface area (Å²) >= 11 is 0. The van der Waals surface area contributed by atoms with E-state index in [1.165, 1.54) is 0 Å². The number of hydrogen-bond donors (Lipinski definition) is 1. The molecule has 7 nitrogen and oxygen atoms in total. The minimum atomic E-state index is -0.360. The van der Waals surface area contributed by atoms with Crippen LogP contribution < -0.4 is 5.32 Å². The molecular weight excluding hydrogens is 258 g/mol. The third kappa shape index (κ3) is 3.93. The van der Waals surface area contributed by atoms with E-state index in [1.54, 1.807) is 11.6 Å². The Kier molecular flexibility index (Phi) is 6.44. The number of aromatic nitrogens is 2. The molecule has 1 aromatic rings. The first-order valence-corrected chi connectivity index (χ1v) is 7.23. The van der Waals surface area contributed by atoms with Gasteiger partial charge in [-0.1, -0.05) is 13.8 Å². The van der Waals surface area contributed by atoms with Gasteiger partial charge in [0, 0.05) is 13.1 Å². The molecule has 0 amide bonds. The van der Waals surface area contributed by atoms with Crippen molar-refractivity contribution >= 4 is 11.5 Å². The van der Waals surface area contributed by atoms with Crippen LogP contribution in [-0.2, 0) is 6.54 Å². The molecule has 0 aliphatic rings. The molecule has 0 spiro atoms. The van der Waals surface area contributed by atoms with Gasteiger partial charge in [0.1, 0.15) is 5.69 Å². The van der Waals surface area contributed by atoms with Crippen molar-refractivity contribution in [1.29, 1.82) is 0 Å². The summed E-state index contributed by atoms with van der Waals surface area (Å²) in [5, 5.41) is 18.5. The summed E-state index contributed by atoms with van der Waals surface area (Å²) in [6.45, 7) is 12.3. The number of hydrogen-bond acceptors (Lipinski definition) is 5. The molecule has 0 atom stereocenters. The highest BCUT2D eigenvalue weighted by atomic mass is 16.6. The molecule has 0 saturated carbocycles. The lowest BCUT2D eigenvalue weighted by atomic mass is 10.3. The zero-order valence-electron chi connectivity index (χ0n) is 12.8. The van der Waals surface area contributed by atoms with Crippen molar-refractivity contribution in [3.8, 4) is 0 Å². The third-order valence-corrected chi connectivity index (χ3v) is 3.42. The van der Waals surface area contributed by atoms with Crippen LogP contribution in [-0.4, -0.2) is 45.8 Å². The Labute approximate surface area is 120 Å². The molecule has 7 heteroatoms. The highest BCUT2D eigenvalue weighted by molar-refractivity contribution is 5.59. The van der Waals surface area contributed by atoms with Crippen molar-refractivity contribution in [2.75, 3.05) is 31.5 Å². The summed E-state index contributed by atoms with van der Waals surface area (Å²) < 4.78 is 1.66. The lowest BCUT2D eigenvalue weighted by Crippen LogP contribution is -2.25. The van der Waals surface area contributed by atoms with Crippen molar-refractivity contribution in [2.24, 2.45) is 0 Å². The van der Waals surface area contributed by atoms with Gasteiger partial charge in [-0.15, -0.1) is 0 Å². The number of anilines is 1. The largest absolute Gasteiger partial charge is 0.364 e. The minimum Gasteiger partial charge on any atom is -0.364 e. The number of nitrogens with zero attached hydrogens (tertiary/aromatic N) is 4. The Morgan fingerprint density at radius 3 is 2.50 bits per heavy atom.